The summed E-state index contributed by atoms with van der Waals surface area (Å²) in [6.07, 6.45) is 72.9. The fourth-order valence-corrected chi connectivity index (χ4v) is 9.53. The lowest BCUT2D eigenvalue weighted by molar-refractivity contribution is -0.302. The number of hydrogen-bond acceptors (Lipinski definition) is 8. The maximum atomic E-state index is 13.1. The summed E-state index contributed by atoms with van der Waals surface area (Å²) in [5, 5.41) is 54.8. The zero-order valence-electron chi connectivity index (χ0n) is 48.7. The molecule has 0 aromatic rings. The van der Waals surface area contributed by atoms with Crippen molar-refractivity contribution in [3.8, 4) is 0 Å². The van der Waals surface area contributed by atoms with Crippen molar-refractivity contribution < 1.29 is 39.8 Å². The van der Waals surface area contributed by atoms with Gasteiger partial charge in [0.1, 0.15) is 24.4 Å². The van der Waals surface area contributed by atoms with Crippen LogP contribution in [-0.4, -0.2) is 87.5 Å². The van der Waals surface area contributed by atoms with E-state index < -0.39 is 49.5 Å². The summed E-state index contributed by atoms with van der Waals surface area (Å²) in [7, 11) is 0. The third-order valence-electron chi connectivity index (χ3n) is 14.5. The van der Waals surface area contributed by atoms with E-state index in [1.807, 2.05) is 0 Å². The molecule has 0 bridgehead atoms. The van der Waals surface area contributed by atoms with Crippen molar-refractivity contribution in [1.82, 2.24) is 5.32 Å². The molecule has 76 heavy (non-hydrogen) atoms. The van der Waals surface area contributed by atoms with Gasteiger partial charge in [0.25, 0.3) is 0 Å². The molecule has 0 saturated carbocycles. The number of rotatable bonds is 53. The van der Waals surface area contributed by atoms with Crippen molar-refractivity contribution in [2.75, 3.05) is 13.2 Å². The SMILES string of the molecule is CC/C=C\C/C=C\C/C=C\C/C=C\C/C=C\C/C=C\C/C=C\C/C=C\CCCCCCCCC(=O)NC(COC1OC(CO)C(O)C(O)C1O)C(O)CCCCCCCCCCCCCCCCCCCCCCCC. The Bertz CT molecular complexity index is 1510. The van der Waals surface area contributed by atoms with Gasteiger partial charge in [-0.1, -0.05) is 278 Å². The van der Waals surface area contributed by atoms with E-state index in [1.165, 1.54) is 122 Å². The van der Waals surface area contributed by atoms with Crippen molar-refractivity contribution in [3.05, 3.63) is 97.2 Å². The number of aliphatic hydroxyl groups excluding tert-OH is 5. The summed E-state index contributed by atoms with van der Waals surface area (Å²) < 4.78 is 11.3. The van der Waals surface area contributed by atoms with E-state index in [4.69, 9.17) is 9.47 Å². The fourth-order valence-electron chi connectivity index (χ4n) is 9.53. The van der Waals surface area contributed by atoms with Crippen LogP contribution in [0.3, 0.4) is 0 Å². The highest BCUT2D eigenvalue weighted by Gasteiger charge is 2.44. The maximum absolute atomic E-state index is 13.1. The molecule has 0 spiro atoms. The van der Waals surface area contributed by atoms with Gasteiger partial charge in [-0.05, 0) is 77.0 Å². The first-order chi connectivity index (χ1) is 37.3. The Labute approximate surface area is 466 Å². The van der Waals surface area contributed by atoms with Gasteiger partial charge in [-0.3, -0.25) is 4.79 Å². The van der Waals surface area contributed by atoms with Crippen LogP contribution in [0.15, 0.2) is 97.2 Å². The predicted octanol–water partition coefficient (Wildman–Crippen LogP) is 16.4. The monoisotopic (exact) mass is 1060 g/mol. The Morgan fingerprint density at radius 2 is 0.816 bits per heavy atom. The van der Waals surface area contributed by atoms with E-state index >= 15 is 0 Å². The molecule has 1 aliphatic heterocycles. The molecule has 1 heterocycles. The van der Waals surface area contributed by atoms with Crippen LogP contribution in [0.5, 0.6) is 0 Å². The maximum Gasteiger partial charge on any atom is 0.220 e. The molecule has 9 nitrogen and oxygen atoms in total. The number of ether oxygens (including phenoxy) is 2. The zero-order valence-corrected chi connectivity index (χ0v) is 48.7. The molecule has 0 aromatic heterocycles. The second-order valence-electron chi connectivity index (χ2n) is 21.5. The second kappa shape index (κ2) is 55.4. The van der Waals surface area contributed by atoms with Gasteiger partial charge in [-0.2, -0.15) is 0 Å². The van der Waals surface area contributed by atoms with Crippen LogP contribution >= 0.6 is 0 Å². The van der Waals surface area contributed by atoms with Crippen LogP contribution < -0.4 is 5.32 Å². The van der Waals surface area contributed by atoms with E-state index in [0.717, 1.165) is 116 Å². The summed E-state index contributed by atoms with van der Waals surface area (Å²) in [6.45, 7) is 3.73. The van der Waals surface area contributed by atoms with Crippen molar-refractivity contribution in [1.29, 1.82) is 0 Å². The largest absolute Gasteiger partial charge is 0.394 e. The van der Waals surface area contributed by atoms with Gasteiger partial charge in [0, 0.05) is 6.42 Å². The number of carbonyl (C=O) groups excluding carboxylic acids is 1. The minimum Gasteiger partial charge on any atom is -0.394 e. The molecular formula is C67H117NO8. The van der Waals surface area contributed by atoms with Crippen LogP contribution in [0.25, 0.3) is 0 Å². The van der Waals surface area contributed by atoms with Crippen LogP contribution in [0.1, 0.15) is 264 Å². The van der Waals surface area contributed by atoms with Crippen LogP contribution in [0.4, 0.5) is 0 Å². The molecule has 0 aliphatic carbocycles. The number of hydrogen-bond donors (Lipinski definition) is 6. The zero-order chi connectivity index (χ0) is 55.0. The van der Waals surface area contributed by atoms with Gasteiger partial charge >= 0.3 is 0 Å². The highest BCUT2D eigenvalue weighted by molar-refractivity contribution is 5.76. The molecule has 1 aliphatic rings. The molecule has 9 heteroatoms. The van der Waals surface area contributed by atoms with Gasteiger partial charge < -0.3 is 40.3 Å². The fraction of sp³-hybridized carbons (Fsp3) is 0.746. The van der Waals surface area contributed by atoms with Crippen LogP contribution in [0.2, 0.25) is 0 Å². The summed E-state index contributed by atoms with van der Waals surface area (Å²) in [5.41, 5.74) is 0. The van der Waals surface area contributed by atoms with Gasteiger partial charge in [0.05, 0.1) is 25.4 Å². The number of aliphatic hydroxyl groups is 5. The third kappa shape index (κ3) is 44.0. The van der Waals surface area contributed by atoms with E-state index in [1.54, 1.807) is 0 Å². The number of allylic oxidation sites excluding steroid dienone is 16. The number of amides is 1. The number of nitrogens with one attached hydrogen (secondary N) is 1. The first-order valence-electron chi connectivity index (χ1n) is 31.4. The van der Waals surface area contributed by atoms with Crippen molar-refractivity contribution >= 4 is 5.91 Å². The van der Waals surface area contributed by atoms with Gasteiger partial charge in [0.15, 0.2) is 6.29 Å². The lowest BCUT2D eigenvalue weighted by atomic mass is 9.99. The molecule has 1 fully saturated rings. The van der Waals surface area contributed by atoms with Gasteiger partial charge in [0.2, 0.25) is 5.91 Å². The van der Waals surface area contributed by atoms with Gasteiger partial charge in [-0.25, -0.2) is 0 Å². The Balaban J connectivity index is 2.21. The third-order valence-corrected chi connectivity index (χ3v) is 14.5. The lowest BCUT2D eigenvalue weighted by Crippen LogP contribution is -2.60. The predicted molar refractivity (Wildman–Crippen MR) is 322 cm³/mol. The van der Waals surface area contributed by atoms with Crippen LogP contribution in [0, 0.1) is 0 Å². The second-order valence-corrected chi connectivity index (χ2v) is 21.5. The minimum absolute atomic E-state index is 0.149. The number of carbonyl (C=O) groups is 1. The van der Waals surface area contributed by atoms with E-state index in [9.17, 15) is 30.3 Å². The summed E-state index contributed by atoms with van der Waals surface area (Å²) in [6, 6.07) is -0.735. The standard InChI is InChI=1S/C67H117NO8/c1-3-5-7-9-11-13-15-17-19-21-23-25-27-28-29-30-31-32-33-34-35-37-39-41-43-45-47-49-51-53-55-57-63(71)68-60(59-75-67-66(74)65(73)64(72)62(58-69)76-67)61(70)56-54-52-50-48-46-44-42-40-38-36-26-24-22-20-18-16-14-12-10-8-6-4-2/h5,7,11,13,17,19,23,25,28-29,31-32,34-35,39,41,60-62,64-67,69-70,72-74H,3-4,6,8-10,12,14-16,18,20-22,24,26-27,30,33,36-38,40,42-59H2,1-2H3,(H,68,71)/b7-5-,13-11-,19-17-,25-23-,29-28-,32-31-,35-34-,41-39-. The highest BCUT2D eigenvalue weighted by Crippen LogP contribution is 2.23. The minimum atomic E-state index is -1.56. The molecule has 7 unspecified atom stereocenters. The van der Waals surface area contributed by atoms with Crippen molar-refractivity contribution in [2.45, 2.75) is 307 Å². The van der Waals surface area contributed by atoms with Crippen molar-refractivity contribution in [2.24, 2.45) is 0 Å². The van der Waals surface area contributed by atoms with Gasteiger partial charge in [-0.15, -0.1) is 0 Å². The topological polar surface area (TPSA) is 149 Å². The molecule has 0 radical (unpaired) electrons. The molecular weight excluding hydrogens is 947 g/mol. The lowest BCUT2D eigenvalue weighted by Gasteiger charge is -2.40. The molecule has 0 aromatic carbocycles. The molecule has 1 amide bonds. The first kappa shape index (κ1) is 71.1. The van der Waals surface area contributed by atoms with E-state index in [-0.39, 0.29) is 12.5 Å². The van der Waals surface area contributed by atoms with E-state index in [2.05, 4.69) is 116 Å². The Morgan fingerprint density at radius 1 is 0.461 bits per heavy atom. The summed E-state index contributed by atoms with van der Waals surface area (Å²) in [5.74, 6) is -0.160. The Morgan fingerprint density at radius 3 is 1.21 bits per heavy atom. The molecule has 438 valence electrons. The summed E-state index contributed by atoms with van der Waals surface area (Å²) in [4.78, 5) is 13.1. The Hall–Kier alpha value is -2.89. The van der Waals surface area contributed by atoms with Crippen LogP contribution in [-0.2, 0) is 14.3 Å². The number of unbranched alkanes of at least 4 members (excludes halogenated alkanes) is 27. The average molecular weight is 1060 g/mol. The quantitative estimate of drug-likeness (QED) is 0.0261. The van der Waals surface area contributed by atoms with E-state index in [0.29, 0.717) is 12.8 Å². The molecule has 7 atom stereocenters. The van der Waals surface area contributed by atoms with Crippen molar-refractivity contribution in [3.63, 3.8) is 0 Å². The molecule has 1 rings (SSSR count). The average Bonchev–Trinajstić information content (AvgIpc) is 3.42. The summed E-state index contributed by atoms with van der Waals surface area (Å²) >= 11 is 0. The first-order valence-corrected chi connectivity index (χ1v) is 31.4. The normalized spacial score (nSPS) is 19.5. The smallest absolute Gasteiger partial charge is 0.220 e. The Kier molecular flexibility index (Phi) is 51.9. The molecule has 6 N–H and O–H groups in total. The molecule has 1 saturated heterocycles. The highest BCUT2D eigenvalue weighted by atomic mass is 16.7.